The van der Waals surface area contributed by atoms with Gasteiger partial charge in [0.1, 0.15) is 12.2 Å². The van der Waals surface area contributed by atoms with E-state index in [2.05, 4.69) is 4.98 Å². The van der Waals surface area contributed by atoms with Crippen LogP contribution in [0.2, 0.25) is 0 Å². The van der Waals surface area contributed by atoms with Gasteiger partial charge in [0.2, 0.25) is 0 Å². The first-order valence-corrected chi connectivity index (χ1v) is 5.58. The van der Waals surface area contributed by atoms with Gasteiger partial charge in [-0.1, -0.05) is 12.1 Å². The van der Waals surface area contributed by atoms with Gasteiger partial charge < -0.3 is 15.0 Å². The lowest BCUT2D eigenvalue weighted by molar-refractivity contribution is -0.137. The van der Waals surface area contributed by atoms with E-state index in [4.69, 9.17) is 5.11 Å². The molecule has 19 heavy (non-hydrogen) atoms. The van der Waals surface area contributed by atoms with Gasteiger partial charge in [0, 0.05) is 24.0 Å². The maximum atomic E-state index is 12.0. The molecule has 0 fully saturated rings. The third kappa shape index (κ3) is 2.62. The first-order valence-electron chi connectivity index (χ1n) is 5.58. The van der Waals surface area contributed by atoms with Crippen LogP contribution in [0.5, 0.6) is 0 Å². The molecule has 0 bridgehead atoms. The normalized spacial score (nSPS) is 10.4. The zero-order chi connectivity index (χ0) is 14.0. The van der Waals surface area contributed by atoms with Crippen LogP contribution in [0.25, 0.3) is 10.9 Å². The monoisotopic (exact) mass is 260 g/mol. The largest absolute Gasteiger partial charge is 0.480 e. The average molecular weight is 260 g/mol. The summed E-state index contributed by atoms with van der Waals surface area (Å²) in [5.41, 5.74) is 0.343. The van der Waals surface area contributed by atoms with Gasteiger partial charge in [0.15, 0.2) is 5.43 Å². The minimum Gasteiger partial charge on any atom is -0.480 e. The van der Waals surface area contributed by atoms with Gasteiger partial charge in [-0.25, -0.2) is 0 Å². The Kier molecular flexibility index (Phi) is 3.33. The summed E-state index contributed by atoms with van der Waals surface area (Å²) in [6, 6.07) is 8.00. The Morgan fingerprint density at radius 3 is 2.68 bits per heavy atom. The number of carboxylic acid groups (broad SMARTS) is 1. The van der Waals surface area contributed by atoms with Gasteiger partial charge >= 0.3 is 5.97 Å². The van der Waals surface area contributed by atoms with Crippen molar-refractivity contribution in [1.82, 2.24) is 9.88 Å². The van der Waals surface area contributed by atoms with Crippen molar-refractivity contribution < 1.29 is 14.7 Å². The Bertz CT molecular complexity index is 705. The Hall–Kier alpha value is -2.63. The van der Waals surface area contributed by atoms with E-state index in [9.17, 15) is 14.4 Å². The maximum absolute atomic E-state index is 12.0. The smallest absolute Gasteiger partial charge is 0.323 e. The number of aromatic amines is 1. The number of carbonyl (C=O) groups is 2. The first-order chi connectivity index (χ1) is 8.99. The van der Waals surface area contributed by atoms with E-state index >= 15 is 0 Å². The van der Waals surface area contributed by atoms with Crippen molar-refractivity contribution in [2.75, 3.05) is 13.6 Å². The number of aromatic nitrogens is 1. The number of nitrogens with zero attached hydrogens (tertiary/aromatic N) is 1. The number of pyridine rings is 1. The summed E-state index contributed by atoms with van der Waals surface area (Å²) in [5.74, 6) is -1.65. The zero-order valence-electron chi connectivity index (χ0n) is 10.2. The van der Waals surface area contributed by atoms with E-state index in [-0.39, 0.29) is 11.1 Å². The highest BCUT2D eigenvalue weighted by molar-refractivity contribution is 5.96. The van der Waals surface area contributed by atoms with Crippen LogP contribution in [0, 0.1) is 0 Å². The number of likely N-dealkylation sites (N-methyl/N-ethyl adjacent to an activating group) is 1. The maximum Gasteiger partial charge on any atom is 0.323 e. The molecule has 0 radical (unpaired) electrons. The van der Waals surface area contributed by atoms with Gasteiger partial charge in [0.25, 0.3) is 5.91 Å². The second-order valence-electron chi connectivity index (χ2n) is 4.15. The van der Waals surface area contributed by atoms with Crippen LogP contribution >= 0.6 is 0 Å². The molecule has 1 aromatic carbocycles. The quantitative estimate of drug-likeness (QED) is 0.849. The molecule has 0 spiro atoms. The van der Waals surface area contributed by atoms with Crippen LogP contribution in [0.15, 0.2) is 35.1 Å². The molecule has 0 saturated heterocycles. The molecule has 1 amide bonds. The highest BCUT2D eigenvalue weighted by Crippen LogP contribution is 2.08. The predicted octanol–water partition coefficient (Wildman–Crippen LogP) is 0.685. The molecule has 1 aromatic heterocycles. The SMILES string of the molecule is CN(CC(=O)O)C(=O)c1cc(=O)c2ccccc2[nH]1. The number of H-pyrrole nitrogens is 1. The number of aliphatic carboxylic acids is 1. The summed E-state index contributed by atoms with van der Waals surface area (Å²) in [4.78, 5) is 38.2. The Balaban J connectivity index is 2.43. The van der Waals surface area contributed by atoms with Crippen molar-refractivity contribution in [1.29, 1.82) is 0 Å². The van der Waals surface area contributed by atoms with E-state index in [1.165, 1.54) is 13.1 Å². The van der Waals surface area contributed by atoms with Crippen LogP contribution in [0.1, 0.15) is 10.5 Å². The predicted molar refractivity (Wildman–Crippen MR) is 69.2 cm³/mol. The molecule has 0 aliphatic heterocycles. The third-order valence-corrected chi connectivity index (χ3v) is 2.69. The summed E-state index contributed by atoms with van der Waals surface area (Å²) < 4.78 is 0. The lowest BCUT2D eigenvalue weighted by Crippen LogP contribution is -2.33. The van der Waals surface area contributed by atoms with Gasteiger partial charge in [-0.05, 0) is 12.1 Å². The van der Waals surface area contributed by atoms with Gasteiger partial charge in [-0.3, -0.25) is 14.4 Å². The number of carbonyl (C=O) groups excluding carboxylic acids is 1. The van der Waals surface area contributed by atoms with Crippen molar-refractivity contribution in [3.8, 4) is 0 Å². The van der Waals surface area contributed by atoms with E-state index in [1.54, 1.807) is 24.3 Å². The van der Waals surface area contributed by atoms with Crippen LogP contribution in [0.3, 0.4) is 0 Å². The summed E-state index contributed by atoms with van der Waals surface area (Å²) in [7, 11) is 1.37. The molecule has 2 aromatic rings. The average Bonchev–Trinajstić information content (AvgIpc) is 2.37. The number of carboxylic acids is 1. The highest BCUT2D eigenvalue weighted by Gasteiger charge is 2.16. The summed E-state index contributed by atoms with van der Waals surface area (Å²) in [6.45, 7) is -0.423. The molecule has 0 aliphatic carbocycles. The Morgan fingerprint density at radius 2 is 2.00 bits per heavy atom. The van der Waals surface area contributed by atoms with E-state index in [1.807, 2.05) is 0 Å². The van der Waals surface area contributed by atoms with E-state index in [0.717, 1.165) is 4.90 Å². The molecule has 0 atom stereocenters. The first kappa shape index (κ1) is 12.8. The van der Waals surface area contributed by atoms with Crippen LogP contribution < -0.4 is 5.43 Å². The number of benzene rings is 1. The number of para-hydroxylation sites is 1. The molecule has 6 nitrogen and oxygen atoms in total. The van der Waals surface area contributed by atoms with Gasteiger partial charge in [-0.15, -0.1) is 0 Å². The van der Waals surface area contributed by atoms with Crippen LogP contribution in [-0.4, -0.2) is 40.5 Å². The number of hydrogen-bond acceptors (Lipinski definition) is 3. The third-order valence-electron chi connectivity index (χ3n) is 2.69. The Morgan fingerprint density at radius 1 is 1.32 bits per heavy atom. The minimum atomic E-state index is -1.11. The number of fused-ring (bicyclic) bond motifs is 1. The second kappa shape index (κ2) is 4.93. The topological polar surface area (TPSA) is 90.5 Å². The lowest BCUT2D eigenvalue weighted by Gasteiger charge is -2.14. The zero-order valence-corrected chi connectivity index (χ0v) is 10.2. The molecule has 2 rings (SSSR count). The molecule has 0 unspecified atom stereocenters. The Labute approximate surface area is 108 Å². The molecule has 98 valence electrons. The van der Waals surface area contributed by atoms with Gasteiger partial charge in [-0.2, -0.15) is 0 Å². The number of nitrogens with one attached hydrogen (secondary N) is 1. The lowest BCUT2D eigenvalue weighted by atomic mass is 10.2. The molecule has 0 aliphatic rings. The highest BCUT2D eigenvalue weighted by atomic mass is 16.4. The molecule has 1 heterocycles. The standard InChI is InChI=1S/C13H12N2O4/c1-15(7-12(17)18)13(19)10-6-11(16)8-4-2-3-5-9(8)14-10/h2-6H,7H2,1H3,(H,14,16)(H,17,18). The van der Waals surface area contributed by atoms with Crippen LogP contribution in [0.4, 0.5) is 0 Å². The summed E-state index contributed by atoms with van der Waals surface area (Å²) in [6.07, 6.45) is 0. The fourth-order valence-electron chi connectivity index (χ4n) is 1.79. The van der Waals surface area contributed by atoms with Crippen molar-refractivity contribution in [3.05, 3.63) is 46.2 Å². The summed E-state index contributed by atoms with van der Waals surface area (Å²) in [5, 5.41) is 9.13. The van der Waals surface area contributed by atoms with Crippen molar-refractivity contribution in [3.63, 3.8) is 0 Å². The molecular formula is C13H12N2O4. The molecular weight excluding hydrogens is 248 g/mol. The fraction of sp³-hybridized carbons (Fsp3) is 0.154. The van der Waals surface area contributed by atoms with Crippen molar-refractivity contribution in [2.24, 2.45) is 0 Å². The molecule has 0 saturated carbocycles. The number of amides is 1. The van der Waals surface area contributed by atoms with Crippen molar-refractivity contribution in [2.45, 2.75) is 0 Å². The molecule has 6 heteroatoms. The van der Waals surface area contributed by atoms with Crippen molar-refractivity contribution >= 4 is 22.8 Å². The number of rotatable bonds is 3. The summed E-state index contributed by atoms with van der Waals surface area (Å²) >= 11 is 0. The van der Waals surface area contributed by atoms with Crippen LogP contribution in [-0.2, 0) is 4.79 Å². The van der Waals surface area contributed by atoms with E-state index in [0.29, 0.717) is 10.9 Å². The molecule has 2 N–H and O–H groups in total. The van der Waals surface area contributed by atoms with E-state index < -0.39 is 18.4 Å². The number of hydrogen-bond donors (Lipinski definition) is 2. The minimum absolute atomic E-state index is 0.0763. The second-order valence-corrected chi connectivity index (χ2v) is 4.15. The fourth-order valence-corrected chi connectivity index (χ4v) is 1.79. The van der Waals surface area contributed by atoms with Gasteiger partial charge in [0.05, 0.1) is 0 Å².